The molecule has 0 saturated heterocycles. The Labute approximate surface area is 168 Å². The van der Waals surface area contributed by atoms with E-state index in [2.05, 4.69) is 69.5 Å². The molecule has 0 saturated carbocycles. The van der Waals surface area contributed by atoms with Crippen molar-refractivity contribution in [1.29, 1.82) is 0 Å². The zero-order valence-electron chi connectivity index (χ0n) is 18.0. The van der Waals surface area contributed by atoms with Crippen molar-refractivity contribution in [1.82, 2.24) is 25.3 Å². The molecule has 2 N–H and O–H groups in total. The third-order valence-electron chi connectivity index (χ3n) is 4.73. The molecule has 0 aliphatic rings. The average Bonchev–Trinajstić information content (AvgIpc) is 3.00. The number of aliphatic imine (C=N–C) groups is 1. The summed E-state index contributed by atoms with van der Waals surface area (Å²) in [6.07, 6.45) is 0.982. The molecule has 2 rings (SSSR count). The Morgan fingerprint density at radius 2 is 2.04 bits per heavy atom. The van der Waals surface area contributed by atoms with E-state index in [9.17, 15) is 0 Å². The molecular formula is C21H34N6O. The molecule has 0 spiro atoms. The van der Waals surface area contributed by atoms with Crippen LogP contribution in [0.3, 0.4) is 0 Å². The zero-order valence-corrected chi connectivity index (χ0v) is 18.0. The summed E-state index contributed by atoms with van der Waals surface area (Å²) in [6, 6.07) is 10.5. The van der Waals surface area contributed by atoms with Gasteiger partial charge >= 0.3 is 0 Å². The highest BCUT2D eigenvalue weighted by Gasteiger charge is 2.15. The van der Waals surface area contributed by atoms with Gasteiger partial charge in [0.25, 0.3) is 0 Å². The van der Waals surface area contributed by atoms with Gasteiger partial charge in [0, 0.05) is 32.4 Å². The molecule has 1 heterocycles. The van der Waals surface area contributed by atoms with Crippen molar-refractivity contribution in [2.24, 2.45) is 4.99 Å². The fourth-order valence-corrected chi connectivity index (χ4v) is 3.20. The highest BCUT2D eigenvalue weighted by Crippen LogP contribution is 2.22. The minimum atomic E-state index is 0.211. The number of likely N-dealkylation sites (N-methyl/N-ethyl adjacent to an activating group) is 1. The third-order valence-corrected chi connectivity index (χ3v) is 4.73. The summed E-state index contributed by atoms with van der Waals surface area (Å²) in [4.78, 5) is 6.53. The molecule has 0 bridgehead atoms. The van der Waals surface area contributed by atoms with Crippen LogP contribution in [0.2, 0.25) is 0 Å². The number of hydrogen-bond donors (Lipinski definition) is 2. The third kappa shape index (κ3) is 6.27. The van der Waals surface area contributed by atoms with E-state index in [1.807, 2.05) is 19.1 Å². The minimum absolute atomic E-state index is 0.211. The van der Waals surface area contributed by atoms with Crippen LogP contribution >= 0.6 is 0 Å². The number of aryl methyl sites for hydroxylation is 3. The van der Waals surface area contributed by atoms with Gasteiger partial charge in [-0.05, 0) is 58.1 Å². The van der Waals surface area contributed by atoms with Crippen LogP contribution in [0.1, 0.15) is 29.4 Å². The number of nitrogens with zero attached hydrogens (tertiary/aromatic N) is 4. The Morgan fingerprint density at radius 3 is 2.64 bits per heavy atom. The van der Waals surface area contributed by atoms with Crippen molar-refractivity contribution in [3.8, 4) is 5.75 Å². The van der Waals surface area contributed by atoms with Crippen LogP contribution in [-0.4, -0.2) is 62.0 Å². The standard InChI is InChI=1S/C21H34N6O/c1-16-13-17(2)27(25-16)12-8-11-23-21(22-3)24-15-20(26(4)5)18-9-7-10-19(14-18)28-6/h7,9-10,13-14,20H,8,11-12,15H2,1-6H3,(H2,22,23,24). The quantitative estimate of drug-likeness (QED) is 0.393. The molecule has 1 atom stereocenters. The van der Waals surface area contributed by atoms with Gasteiger partial charge in [0.05, 0.1) is 18.8 Å². The van der Waals surface area contributed by atoms with Gasteiger partial charge in [-0.15, -0.1) is 0 Å². The molecule has 28 heavy (non-hydrogen) atoms. The number of guanidine groups is 1. The molecule has 1 aromatic heterocycles. The maximum atomic E-state index is 5.36. The van der Waals surface area contributed by atoms with Crippen LogP contribution in [0.5, 0.6) is 5.75 Å². The first-order valence-corrected chi connectivity index (χ1v) is 9.70. The molecule has 2 aromatic rings. The number of nitrogens with one attached hydrogen (secondary N) is 2. The first kappa shape index (κ1) is 21.8. The van der Waals surface area contributed by atoms with E-state index in [0.717, 1.165) is 43.5 Å². The highest BCUT2D eigenvalue weighted by molar-refractivity contribution is 5.79. The average molecular weight is 387 g/mol. The smallest absolute Gasteiger partial charge is 0.191 e. The number of aromatic nitrogens is 2. The van der Waals surface area contributed by atoms with Gasteiger partial charge in [0.2, 0.25) is 0 Å². The lowest BCUT2D eigenvalue weighted by atomic mass is 10.1. The zero-order chi connectivity index (χ0) is 20.5. The monoisotopic (exact) mass is 386 g/mol. The minimum Gasteiger partial charge on any atom is -0.497 e. The number of benzene rings is 1. The Bertz CT molecular complexity index is 768. The molecule has 0 fully saturated rings. The maximum Gasteiger partial charge on any atom is 0.191 e. The lowest BCUT2D eigenvalue weighted by Gasteiger charge is -2.26. The van der Waals surface area contributed by atoms with E-state index in [0.29, 0.717) is 0 Å². The van der Waals surface area contributed by atoms with Crippen molar-refractivity contribution < 1.29 is 4.74 Å². The molecule has 0 radical (unpaired) electrons. The fourth-order valence-electron chi connectivity index (χ4n) is 3.20. The van der Waals surface area contributed by atoms with Crippen LogP contribution in [0.15, 0.2) is 35.3 Å². The molecular weight excluding hydrogens is 352 g/mol. The van der Waals surface area contributed by atoms with E-state index >= 15 is 0 Å². The largest absolute Gasteiger partial charge is 0.497 e. The van der Waals surface area contributed by atoms with Gasteiger partial charge in [0.1, 0.15) is 5.75 Å². The topological polar surface area (TPSA) is 66.7 Å². The van der Waals surface area contributed by atoms with Crippen molar-refractivity contribution >= 4 is 5.96 Å². The van der Waals surface area contributed by atoms with Gasteiger partial charge in [0.15, 0.2) is 5.96 Å². The number of ether oxygens (including phenoxy) is 1. The second kappa shape index (κ2) is 10.7. The lowest BCUT2D eigenvalue weighted by molar-refractivity contribution is 0.297. The molecule has 7 heteroatoms. The highest BCUT2D eigenvalue weighted by atomic mass is 16.5. The van der Waals surface area contributed by atoms with Crippen LogP contribution in [-0.2, 0) is 6.54 Å². The molecule has 1 aromatic carbocycles. The molecule has 154 valence electrons. The van der Waals surface area contributed by atoms with E-state index < -0.39 is 0 Å². The number of methoxy groups -OCH3 is 1. The van der Waals surface area contributed by atoms with Gasteiger partial charge in [-0.2, -0.15) is 5.10 Å². The fraction of sp³-hybridized carbons (Fsp3) is 0.524. The predicted octanol–water partition coefficient (Wildman–Crippen LogP) is 2.37. The Balaban J connectivity index is 1.84. The maximum absolute atomic E-state index is 5.36. The number of rotatable bonds is 9. The van der Waals surface area contributed by atoms with E-state index in [-0.39, 0.29) is 6.04 Å². The predicted molar refractivity (Wildman–Crippen MR) is 115 cm³/mol. The van der Waals surface area contributed by atoms with E-state index in [1.54, 1.807) is 14.2 Å². The molecule has 0 aliphatic carbocycles. The van der Waals surface area contributed by atoms with Crippen molar-refractivity contribution in [3.05, 3.63) is 47.3 Å². The summed E-state index contributed by atoms with van der Waals surface area (Å²) in [7, 11) is 7.65. The van der Waals surface area contributed by atoms with E-state index in [4.69, 9.17) is 4.74 Å². The van der Waals surface area contributed by atoms with Crippen LogP contribution in [0.4, 0.5) is 0 Å². The van der Waals surface area contributed by atoms with Crippen molar-refractivity contribution in [2.75, 3.05) is 41.3 Å². The number of hydrogen-bond acceptors (Lipinski definition) is 4. The van der Waals surface area contributed by atoms with Crippen molar-refractivity contribution in [2.45, 2.75) is 32.9 Å². The van der Waals surface area contributed by atoms with Gasteiger partial charge < -0.3 is 20.3 Å². The SMILES string of the molecule is CN=C(NCCCn1nc(C)cc1C)NCC(c1cccc(OC)c1)N(C)C. The molecule has 1 unspecified atom stereocenters. The van der Waals surface area contributed by atoms with Crippen LogP contribution in [0, 0.1) is 13.8 Å². The Kier molecular flexibility index (Phi) is 8.32. The summed E-state index contributed by atoms with van der Waals surface area (Å²) in [5, 5.41) is 11.3. The van der Waals surface area contributed by atoms with Gasteiger partial charge in [-0.1, -0.05) is 12.1 Å². The van der Waals surface area contributed by atoms with Crippen LogP contribution in [0.25, 0.3) is 0 Å². The van der Waals surface area contributed by atoms with Gasteiger partial charge in [-0.3, -0.25) is 9.67 Å². The molecule has 7 nitrogen and oxygen atoms in total. The summed E-state index contributed by atoms with van der Waals surface area (Å²) in [5.41, 5.74) is 3.47. The first-order chi connectivity index (χ1) is 13.4. The van der Waals surface area contributed by atoms with Crippen LogP contribution < -0.4 is 15.4 Å². The molecule has 0 amide bonds. The summed E-state index contributed by atoms with van der Waals surface area (Å²) in [5.74, 6) is 1.68. The lowest BCUT2D eigenvalue weighted by Crippen LogP contribution is -2.42. The summed E-state index contributed by atoms with van der Waals surface area (Å²) >= 11 is 0. The van der Waals surface area contributed by atoms with E-state index in [1.165, 1.54) is 11.3 Å². The van der Waals surface area contributed by atoms with Crippen molar-refractivity contribution in [3.63, 3.8) is 0 Å². The first-order valence-electron chi connectivity index (χ1n) is 9.70. The normalized spacial score (nSPS) is 12.9. The molecule has 0 aliphatic heterocycles. The summed E-state index contributed by atoms with van der Waals surface area (Å²) < 4.78 is 7.41. The second-order valence-electron chi connectivity index (χ2n) is 7.14. The second-order valence-corrected chi connectivity index (χ2v) is 7.14. The summed E-state index contributed by atoms with van der Waals surface area (Å²) in [6.45, 7) is 6.60. The Morgan fingerprint density at radius 1 is 1.25 bits per heavy atom. The van der Waals surface area contributed by atoms with Gasteiger partial charge in [-0.25, -0.2) is 0 Å². The Hall–Kier alpha value is -2.54.